The fourth-order valence-corrected chi connectivity index (χ4v) is 2.02. The van der Waals surface area contributed by atoms with E-state index in [2.05, 4.69) is 25.3 Å². The Morgan fingerprint density at radius 3 is 2.73 bits per heavy atom. The van der Waals surface area contributed by atoms with E-state index >= 15 is 0 Å². The molecule has 0 saturated heterocycles. The molecule has 0 spiro atoms. The van der Waals surface area contributed by atoms with Gasteiger partial charge in [-0.25, -0.2) is 9.98 Å². The zero-order chi connectivity index (χ0) is 18.8. The molecular formula is C17H21F3N4O2. The molecule has 0 fully saturated rings. The van der Waals surface area contributed by atoms with Gasteiger partial charge in [0.1, 0.15) is 5.76 Å². The number of nitrogens with one attached hydrogen (secondary N) is 2. The number of guanidine groups is 1. The maximum atomic E-state index is 12.1. The molecular weight excluding hydrogens is 349 g/mol. The van der Waals surface area contributed by atoms with E-state index in [1.807, 2.05) is 19.1 Å². The fraction of sp³-hybridized carbons (Fsp3) is 0.412. The summed E-state index contributed by atoms with van der Waals surface area (Å²) < 4.78 is 46.2. The molecule has 6 nitrogen and oxygen atoms in total. The summed E-state index contributed by atoms with van der Waals surface area (Å²) in [5.74, 6) is 1.45. The Morgan fingerprint density at radius 2 is 2.12 bits per heavy atom. The first-order chi connectivity index (χ1) is 12.5. The van der Waals surface area contributed by atoms with Crippen molar-refractivity contribution in [1.29, 1.82) is 0 Å². The van der Waals surface area contributed by atoms with Gasteiger partial charge >= 0.3 is 6.18 Å². The van der Waals surface area contributed by atoms with Crippen molar-refractivity contribution < 1.29 is 22.3 Å². The van der Waals surface area contributed by atoms with Crippen LogP contribution in [0.25, 0.3) is 0 Å². The molecule has 142 valence electrons. The second kappa shape index (κ2) is 9.69. The first-order valence-corrected chi connectivity index (χ1v) is 8.15. The summed E-state index contributed by atoms with van der Waals surface area (Å²) in [5, 5.41) is 6.31. The van der Waals surface area contributed by atoms with Gasteiger partial charge in [0.2, 0.25) is 5.88 Å². The Balaban J connectivity index is 1.83. The minimum absolute atomic E-state index is 0.0708. The van der Waals surface area contributed by atoms with E-state index in [9.17, 15) is 13.2 Å². The van der Waals surface area contributed by atoms with Gasteiger partial charge in [-0.15, -0.1) is 0 Å². The van der Waals surface area contributed by atoms with Crippen LogP contribution >= 0.6 is 0 Å². The topological polar surface area (TPSA) is 71.7 Å². The van der Waals surface area contributed by atoms with Gasteiger partial charge < -0.3 is 19.8 Å². The number of furan rings is 1. The van der Waals surface area contributed by atoms with Gasteiger partial charge in [0, 0.05) is 31.8 Å². The van der Waals surface area contributed by atoms with Crippen molar-refractivity contribution in [2.75, 3.05) is 19.7 Å². The molecule has 26 heavy (non-hydrogen) atoms. The molecule has 2 rings (SSSR count). The Bertz CT molecular complexity index is 670. The highest BCUT2D eigenvalue weighted by atomic mass is 19.4. The number of aromatic nitrogens is 1. The van der Waals surface area contributed by atoms with Crippen LogP contribution in [0.3, 0.4) is 0 Å². The normalized spacial score (nSPS) is 12.1. The largest absolute Gasteiger partial charge is 0.469 e. The molecule has 0 amide bonds. The first-order valence-electron chi connectivity index (χ1n) is 8.15. The number of nitrogens with zero attached hydrogens (tertiary/aromatic N) is 2. The maximum Gasteiger partial charge on any atom is 0.422 e. The fourth-order valence-electron chi connectivity index (χ4n) is 2.02. The molecule has 2 N–H and O–H groups in total. The van der Waals surface area contributed by atoms with Crippen LogP contribution in [0, 0.1) is 0 Å². The van der Waals surface area contributed by atoms with E-state index < -0.39 is 12.8 Å². The lowest BCUT2D eigenvalue weighted by Gasteiger charge is -2.11. The number of halogens is 3. The van der Waals surface area contributed by atoms with Crippen LogP contribution in [0.1, 0.15) is 18.2 Å². The number of rotatable bonds is 8. The lowest BCUT2D eigenvalue weighted by molar-refractivity contribution is -0.154. The van der Waals surface area contributed by atoms with E-state index in [0.29, 0.717) is 25.6 Å². The smallest absolute Gasteiger partial charge is 0.422 e. The van der Waals surface area contributed by atoms with Crippen molar-refractivity contribution in [2.45, 2.75) is 26.1 Å². The van der Waals surface area contributed by atoms with E-state index in [1.54, 1.807) is 12.3 Å². The van der Waals surface area contributed by atoms with Gasteiger partial charge in [-0.1, -0.05) is 6.07 Å². The van der Waals surface area contributed by atoms with Crippen LogP contribution < -0.4 is 15.4 Å². The van der Waals surface area contributed by atoms with Crippen molar-refractivity contribution in [3.05, 3.63) is 48.0 Å². The Kier molecular flexibility index (Phi) is 7.31. The summed E-state index contributed by atoms with van der Waals surface area (Å²) in [6.07, 6.45) is -0.581. The zero-order valence-electron chi connectivity index (χ0n) is 14.3. The molecule has 2 aromatic heterocycles. The predicted octanol–water partition coefficient (Wildman–Crippen LogP) is 2.91. The zero-order valence-corrected chi connectivity index (χ0v) is 14.3. The molecule has 0 atom stereocenters. The molecule has 2 heterocycles. The van der Waals surface area contributed by atoms with Gasteiger partial charge in [-0.2, -0.15) is 13.2 Å². The average molecular weight is 370 g/mol. The molecule has 0 saturated carbocycles. The highest BCUT2D eigenvalue weighted by molar-refractivity contribution is 5.79. The van der Waals surface area contributed by atoms with Crippen molar-refractivity contribution in [3.63, 3.8) is 0 Å². The summed E-state index contributed by atoms with van der Waals surface area (Å²) >= 11 is 0. The van der Waals surface area contributed by atoms with Crippen LogP contribution in [0.15, 0.2) is 46.1 Å². The molecule has 9 heteroatoms. The molecule has 0 aliphatic heterocycles. The standard InChI is InChI=1S/C17H21F3N4O2/c1-2-21-16(22-8-7-14-4-3-9-25-14)24-11-13-5-6-15(23-10-13)26-12-17(18,19)20/h3-6,9-10H,2,7-8,11-12H2,1H3,(H2,21,22,24). The van der Waals surface area contributed by atoms with Crippen molar-refractivity contribution in [2.24, 2.45) is 4.99 Å². The SMILES string of the molecule is CCNC(=NCc1ccc(OCC(F)(F)F)nc1)NCCc1ccco1. The van der Waals surface area contributed by atoms with Gasteiger partial charge in [-0.05, 0) is 24.6 Å². The summed E-state index contributed by atoms with van der Waals surface area (Å²) in [6.45, 7) is 2.29. The lowest BCUT2D eigenvalue weighted by atomic mass is 10.3. The highest BCUT2D eigenvalue weighted by Gasteiger charge is 2.28. The Hall–Kier alpha value is -2.71. The van der Waals surface area contributed by atoms with E-state index in [1.165, 1.54) is 12.3 Å². The molecule has 0 aromatic carbocycles. The number of pyridine rings is 1. The molecule has 0 aliphatic carbocycles. The summed E-state index contributed by atoms with van der Waals surface area (Å²) in [6, 6.07) is 6.77. The van der Waals surface area contributed by atoms with Crippen LogP contribution in [-0.4, -0.2) is 36.8 Å². The Morgan fingerprint density at radius 1 is 1.27 bits per heavy atom. The highest BCUT2D eigenvalue weighted by Crippen LogP contribution is 2.17. The number of hydrogen-bond acceptors (Lipinski definition) is 4. The van der Waals surface area contributed by atoms with E-state index in [-0.39, 0.29) is 5.88 Å². The summed E-state index contributed by atoms with van der Waals surface area (Å²) in [7, 11) is 0. The van der Waals surface area contributed by atoms with Crippen molar-refractivity contribution >= 4 is 5.96 Å². The number of alkyl halides is 3. The van der Waals surface area contributed by atoms with Gasteiger partial charge in [-0.3, -0.25) is 0 Å². The minimum Gasteiger partial charge on any atom is -0.469 e. The second-order valence-corrected chi connectivity index (χ2v) is 5.36. The summed E-state index contributed by atoms with van der Waals surface area (Å²) in [4.78, 5) is 8.28. The van der Waals surface area contributed by atoms with Gasteiger partial charge in [0.15, 0.2) is 12.6 Å². The van der Waals surface area contributed by atoms with E-state index in [4.69, 9.17) is 4.42 Å². The number of ether oxygens (including phenoxy) is 1. The third kappa shape index (κ3) is 7.45. The lowest BCUT2D eigenvalue weighted by Crippen LogP contribution is -2.38. The van der Waals surface area contributed by atoms with Crippen LogP contribution in [-0.2, 0) is 13.0 Å². The molecule has 0 aliphatic rings. The minimum atomic E-state index is -4.38. The number of hydrogen-bond donors (Lipinski definition) is 2. The van der Waals surface area contributed by atoms with Gasteiger partial charge in [0.25, 0.3) is 0 Å². The first kappa shape index (κ1) is 19.6. The average Bonchev–Trinajstić information content (AvgIpc) is 3.11. The third-order valence-electron chi connectivity index (χ3n) is 3.19. The van der Waals surface area contributed by atoms with Crippen LogP contribution in [0.5, 0.6) is 5.88 Å². The van der Waals surface area contributed by atoms with E-state index in [0.717, 1.165) is 17.7 Å². The van der Waals surface area contributed by atoms with Crippen molar-refractivity contribution in [3.8, 4) is 5.88 Å². The molecule has 0 bridgehead atoms. The van der Waals surface area contributed by atoms with Crippen LogP contribution in [0.4, 0.5) is 13.2 Å². The number of aliphatic imine (C=N–C) groups is 1. The maximum absolute atomic E-state index is 12.1. The monoisotopic (exact) mass is 370 g/mol. The van der Waals surface area contributed by atoms with Crippen LogP contribution in [0.2, 0.25) is 0 Å². The quantitative estimate of drug-likeness (QED) is 0.552. The second-order valence-electron chi connectivity index (χ2n) is 5.36. The molecule has 2 aromatic rings. The molecule has 0 unspecified atom stereocenters. The summed E-state index contributed by atoms with van der Waals surface area (Å²) in [5.41, 5.74) is 0.757. The van der Waals surface area contributed by atoms with Gasteiger partial charge in [0.05, 0.1) is 12.8 Å². The van der Waals surface area contributed by atoms with Crippen molar-refractivity contribution in [1.82, 2.24) is 15.6 Å². The predicted molar refractivity (Wildman–Crippen MR) is 91.0 cm³/mol. The Labute approximate surface area is 149 Å². The molecule has 0 radical (unpaired) electrons. The third-order valence-corrected chi connectivity index (χ3v) is 3.19.